The van der Waals surface area contributed by atoms with Crippen molar-refractivity contribution in [3.63, 3.8) is 0 Å². The van der Waals surface area contributed by atoms with Gasteiger partial charge in [0.1, 0.15) is 59.6 Å². The van der Waals surface area contributed by atoms with Gasteiger partial charge in [0.25, 0.3) is 0 Å². The van der Waals surface area contributed by atoms with Gasteiger partial charge in [-0.05, 0) is 52.8 Å². The van der Waals surface area contributed by atoms with Crippen LogP contribution in [-0.2, 0) is 61.3 Å². The molecule has 10 nitrogen and oxygen atoms in total. The molecule has 0 bridgehead atoms. The third-order valence-corrected chi connectivity index (χ3v) is 11.2. The van der Waals surface area contributed by atoms with Crippen LogP contribution in [0.1, 0.15) is 64.5 Å². The van der Waals surface area contributed by atoms with Gasteiger partial charge < -0.3 is 43.0 Å². The number of phenolic OH excluding ortho intramolecular Hbond substituents is 1. The summed E-state index contributed by atoms with van der Waals surface area (Å²) in [5.41, 5.74) is 6.08. The SMILES string of the molecule is COc1cc(O)c2c(c1[C@@H]1O[C@H](COCc3ccccc3)[C@@H](OCc3ccccc3)[C@H](OCc3ccccc3)[C@H]1OCc1ccccc1)OC(c1ccc(OC(C)=O)cc1)CC2. The van der Waals surface area contributed by atoms with Crippen LogP contribution < -0.4 is 14.2 Å². The Bertz CT molecular complexity index is 2320. The van der Waals surface area contributed by atoms with Crippen molar-refractivity contribution < 1.29 is 47.8 Å². The molecule has 6 aromatic carbocycles. The van der Waals surface area contributed by atoms with Gasteiger partial charge in [0.15, 0.2) is 0 Å². The number of aromatic hydroxyl groups is 1. The Morgan fingerprint density at radius 3 is 1.71 bits per heavy atom. The summed E-state index contributed by atoms with van der Waals surface area (Å²) in [7, 11) is 1.57. The highest BCUT2D eigenvalue weighted by Crippen LogP contribution is 2.52. The molecule has 0 spiro atoms. The van der Waals surface area contributed by atoms with E-state index < -0.39 is 42.6 Å². The molecule has 0 saturated carbocycles. The minimum atomic E-state index is -0.851. The molecule has 8 rings (SSSR count). The molecular formula is C52H52O10. The average Bonchev–Trinajstić information content (AvgIpc) is 3.31. The molecule has 1 saturated heterocycles. The van der Waals surface area contributed by atoms with Crippen molar-refractivity contribution in [3.8, 4) is 23.0 Å². The number of ether oxygens (including phenoxy) is 8. The lowest BCUT2D eigenvalue weighted by Gasteiger charge is -2.47. The molecule has 0 aromatic heterocycles. The fraction of sp³-hybridized carbons (Fsp3) is 0.288. The van der Waals surface area contributed by atoms with Gasteiger partial charge in [0.2, 0.25) is 0 Å². The van der Waals surface area contributed by atoms with E-state index in [0.29, 0.717) is 54.4 Å². The summed E-state index contributed by atoms with van der Waals surface area (Å²) < 4.78 is 53.1. The number of phenols is 1. The predicted molar refractivity (Wildman–Crippen MR) is 233 cm³/mol. The number of carbonyl (C=O) groups is 1. The van der Waals surface area contributed by atoms with E-state index in [9.17, 15) is 9.90 Å². The molecular weight excluding hydrogens is 785 g/mol. The molecule has 0 aliphatic carbocycles. The summed E-state index contributed by atoms with van der Waals surface area (Å²) in [5.74, 6) is 0.935. The lowest BCUT2D eigenvalue weighted by molar-refractivity contribution is -0.275. The lowest BCUT2D eigenvalue weighted by Crippen LogP contribution is -2.58. The van der Waals surface area contributed by atoms with Crippen LogP contribution >= 0.6 is 0 Å². The van der Waals surface area contributed by atoms with Crippen LogP contribution in [0.3, 0.4) is 0 Å². The summed E-state index contributed by atoms with van der Waals surface area (Å²) >= 11 is 0. The van der Waals surface area contributed by atoms with Crippen molar-refractivity contribution >= 4 is 5.97 Å². The van der Waals surface area contributed by atoms with Crippen molar-refractivity contribution in [2.24, 2.45) is 0 Å². The Morgan fingerprint density at radius 2 is 1.18 bits per heavy atom. The van der Waals surface area contributed by atoms with E-state index in [1.54, 1.807) is 25.3 Å². The highest BCUT2D eigenvalue weighted by Gasteiger charge is 2.51. The molecule has 0 amide bonds. The van der Waals surface area contributed by atoms with Crippen LogP contribution in [0.5, 0.6) is 23.0 Å². The average molecular weight is 837 g/mol. The predicted octanol–water partition coefficient (Wildman–Crippen LogP) is 9.81. The van der Waals surface area contributed by atoms with Gasteiger partial charge in [-0.2, -0.15) is 0 Å². The van der Waals surface area contributed by atoms with E-state index in [0.717, 1.165) is 27.8 Å². The highest BCUT2D eigenvalue weighted by molar-refractivity contribution is 5.69. The first-order valence-corrected chi connectivity index (χ1v) is 21.0. The molecule has 6 atom stereocenters. The molecule has 1 unspecified atom stereocenters. The zero-order valence-corrected chi connectivity index (χ0v) is 35.0. The van der Waals surface area contributed by atoms with Crippen LogP contribution in [0, 0.1) is 0 Å². The van der Waals surface area contributed by atoms with Gasteiger partial charge >= 0.3 is 5.97 Å². The number of rotatable bonds is 17. The summed E-state index contributed by atoms with van der Waals surface area (Å²) in [5, 5.41) is 11.5. The molecule has 0 radical (unpaired) electrons. The largest absolute Gasteiger partial charge is 0.507 e. The zero-order valence-electron chi connectivity index (χ0n) is 35.0. The minimum Gasteiger partial charge on any atom is -0.507 e. The number of carbonyl (C=O) groups excluding carboxylic acids is 1. The quantitative estimate of drug-likeness (QED) is 0.0704. The van der Waals surface area contributed by atoms with Gasteiger partial charge in [0.05, 0.1) is 45.7 Å². The van der Waals surface area contributed by atoms with Crippen molar-refractivity contribution in [2.45, 2.75) is 82.8 Å². The van der Waals surface area contributed by atoms with Gasteiger partial charge in [-0.3, -0.25) is 4.79 Å². The van der Waals surface area contributed by atoms with Crippen LogP contribution in [0.4, 0.5) is 0 Å². The van der Waals surface area contributed by atoms with E-state index >= 15 is 0 Å². The molecule has 10 heteroatoms. The van der Waals surface area contributed by atoms with E-state index in [1.807, 2.05) is 133 Å². The first-order chi connectivity index (χ1) is 30.4. The van der Waals surface area contributed by atoms with E-state index in [4.69, 9.17) is 37.9 Å². The van der Waals surface area contributed by atoms with Gasteiger partial charge in [-0.15, -0.1) is 0 Å². The molecule has 320 valence electrons. The first kappa shape index (κ1) is 42.7. The maximum Gasteiger partial charge on any atom is 0.308 e. The number of benzene rings is 6. The van der Waals surface area contributed by atoms with Crippen LogP contribution in [0.15, 0.2) is 152 Å². The molecule has 2 aliphatic rings. The number of hydrogen-bond donors (Lipinski definition) is 1. The second kappa shape index (κ2) is 20.7. The molecule has 62 heavy (non-hydrogen) atoms. The summed E-state index contributed by atoms with van der Waals surface area (Å²) in [4.78, 5) is 11.6. The molecule has 2 aliphatic heterocycles. The second-order valence-electron chi connectivity index (χ2n) is 15.5. The van der Waals surface area contributed by atoms with E-state index in [-0.39, 0.29) is 25.6 Å². The molecule has 6 aromatic rings. The summed E-state index contributed by atoms with van der Waals surface area (Å²) in [6.45, 7) is 2.72. The van der Waals surface area contributed by atoms with Crippen molar-refractivity contribution in [1.82, 2.24) is 0 Å². The Labute approximate surface area is 362 Å². The fourth-order valence-electron chi connectivity index (χ4n) is 8.14. The minimum absolute atomic E-state index is 0.0607. The zero-order chi connectivity index (χ0) is 42.7. The maximum absolute atomic E-state index is 11.6. The van der Waals surface area contributed by atoms with E-state index in [1.165, 1.54) is 6.92 Å². The summed E-state index contributed by atoms with van der Waals surface area (Å²) in [6.07, 6.45) is -2.94. The third-order valence-electron chi connectivity index (χ3n) is 11.2. The Hall–Kier alpha value is -6.01. The normalized spacial score (nSPS) is 20.7. The number of esters is 1. The van der Waals surface area contributed by atoms with Crippen molar-refractivity contribution in [3.05, 3.63) is 191 Å². The maximum atomic E-state index is 11.6. The second-order valence-corrected chi connectivity index (χ2v) is 15.5. The summed E-state index contributed by atoms with van der Waals surface area (Å²) in [6, 6.07) is 48.9. The standard InChI is InChI=1S/C52H52O10/c1-35(53)60-41-25-23-40(24-26-41)44-28-27-42-43(54)29-45(55-2)47(48(42)61-44)50-52(59-33-39-21-13-6-14-22-39)51(58-32-38-19-11-5-12-20-38)49(57-31-37-17-9-4-10-18-37)46(62-50)34-56-30-36-15-7-3-8-16-36/h3-26,29,44,46,49-52,54H,27-28,30-34H2,1-2H3/t44?,46-,49-,50+,51+,52+/m1/s1. The van der Waals surface area contributed by atoms with Gasteiger partial charge in [0, 0.05) is 18.6 Å². The van der Waals surface area contributed by atoms with Crippen LogP contribution in [-0.4, -0.2) is 49.2 Å². The lowest BCUT2D eigenvalue weighted by atomic mass is 9.86. The van der Waals surface area contributed by atoms with Crippen molar-refractivity contribution in [2.75, 3.05) is 13.7 Å². The van der Waals surface area contributed by atoms with E-state index in [2.05, 4.69) is 0 Å². The smallest absolute Gasteiger partial charge is 0.308 e. The monoisotopic (exact) mass is 836 g/mol. The number of fused-ring (bicyclic) bond motifs is 1. The Kier molecular flexibility index (Phi) is 14.2. The van der Waals surface area contributed by atoms with Crippen LogP contribution in [0.25, 0.3) is 0 Å². The highest BCUT2D eigenvalue weighted by atomic mass is 16.6. The van der Waals surface area contributed by atoms with Crippen LogP contribution in [0.2, 0.25) is 0 Å². The first-order valence-electron chi connectivity index (χ1n) is 21.0. The molecule has 1 N–H and O–H groups in total. The van der Waals surface area contributed by atoms with Crippen molar-refractivity contribution in [1.29, 1.82) is 0 Å². The number of methoxy groups -OCH3 is 1. The Morgan fingerprint density at radius 1 is 0.661 bits per heavy atom. The Balaban J connectivity index is 1.22. The van der Waals surface area contributed by atoms with Gasteiger partial charge in [-0.1, -0.05) is 133 Å². The fourth-order valence-corrected chi connectivity index (χ4v) is 8.14. The third kappa shape index (κ3) is 10.5. The topological polar surface area (TPSA) is 111 Å². The molecule has 2 heterocycles. The van der Waals surface area contributed by atoms with Gasteiger partial charge in [-0.25, -0.2) is 0 Å². The number of hydrogen-bond acceptors (Lipinski definition) is 10. The molecule has 1 fully saturated rings.